The van der Waals surface area contributed by atoms with Crippen molar-refractivity contribution < 1.29 is 14.3 Å². The molecular weight excluding hydrogens is 382 g/mol. The molecular formula is C22H31N5O3. The van der Waals surface area contributed by atoms with Crippen LogP contribution in [0.1, 0.15) is 32.1 Å². The number of amides is 1. The van der Waals surface area contributed by atoms with Gasteiger partial charge in [0.1, 0.15) is 12.1 Å². The average Bonchev–Trinajstić information content (AvgIpc) is 3.33. The number of rotatable bonds is 7. The maximum absolute atomic E-state index is 12.1. The SMILES string of the molecule is COc1cc2ncnc(N3CCC(CCNC(=O)[C@@H]4CCCN4)CC3)c2cc1OC. The molecule has 8 nitrogen and oxygen atoms in total. The number of carbonyl (C=O) groups excluding carboxylic acids is 1. The second-order valence-corrected chi connectivity index (χ2v) is 8.08. The van der Waals surface area contributed by atoms with Crippen LogP contribution in [0.3, 0.4) is 0 Å². The van der Waals surface area contributed by atoms with E-state index in [2.05, 4.69) is 25.5 Å². The monoisotopic (exact) mass is 413 g/mol. The molecule has 0 saturated carbocycles. The lowest BCUT2D eigenvalue weighted by Gasteiger charge is -2.33. The van der Waals surface area contributed by atoms with Gasteiger partial charge in [-0.05, 0) is 50.6 Å². The summed E-state index contributed by atoms with van der Waals surface area (Å²) < 4.78 is 10.9. The molecule has 0 spiro atoms. The number of piperidine rings is 1. The third kappa shape index (κ3) is 4.43. The van der Waals surface area contributed by atoms with E-state index in [1.165, 1.54) is 0 Å². The molecule has 8 heteroatoms. The van der Waals surface area contributed by atoms with Crippen LogP contribution in [0.5, 0.6) is 11.5 Å². The summed E-state index contributed by atoms with van der Waals surface area (Å²) in [5, 5.41) is 7.33. The number of benzene rings is 1. The van der Waals surface area contributed by atoms with Gasteiger partial charge in [-0.2, -0.15) is 0 Å². The van der Waals surface area contributed by atoms with Crippen molar-refractivity contribution in [3.63, 3.8) is 0 Å². The lowest BCUT2D eigenvalue weighted by atomic mass is 9.93. The van der Waals surface area contributed by atoms with Gasteiger partial charge in [-0.25, -0.2) is 9.97 Å². The Morgan fingerprint density at radius 1 is 1.17 bits per heavy atom. The van der Waals surface area contributed by atoms with Gasteiger partial charge in [0.15, 0.2) is 11.5 Å². The Hall–Kier alpha value is -2.61. The van der Waals surface area contributed by atoms with Crippen LogP contribution in [0.15, 0.2) is 18.5 Å². The van der Waals surface area contributed by atoms with Crippen LogP contribution in [0.25, 0.3) is 10.9 Å². The van der Waals surface area contributed by atoms with Gasteiger partial charge < -0.3 is 25.0 Å². The molecule has 1 aromatic heterocycles. The molecule has 0 bridgehead atoms. The fourth-order valence-electron chi connectivity index (χ4n) is 4.49. The molecule has 2 N–H and O–H groups in total. The van der Waals surface area contributed by atoms with E-state index in [4.69, 9.17) is 9.47 Å². The Morgan fingerprint density at radius 3 is 2.63 bits per heavy atom. The minimum atomic E-state index is 0.00788. The van der Waals surface area contributed by atoms with E-state index < -0.39 is 0 Å². The molecule has 0 aliphatic carbocycles. The van der Waals surface area contributed by atoms with E-state index in [9.17, 15) is 4.79 Å². The highest BCUT2D eigenvalue weighted by atomic mass is 16.5. The van der Waals surface area contributed by atoms with Gasteiger partial charge >= 0.3 is 0 Å². The maximum Gasteiger partial charge on any atom is 0.237 e. The van der Waals surface area contributed by atoms with Crippen molar-refractivity contribution in [3.8, 4) is 11.5 Å². The van der Waals surface area contributed by atoms with Crippen LogP contribution in [-0.2, 0) is 4.79 Å². The standard InChI is InChI=1S/C22H31N5O3/c1-29-19-12-16-18(13-20(19)30-2)25-14-26-21(16)27-10-6-15(7-11-27)5-9-24-22(28)17-4-3-8-23-17/h12-15,17,23H,3-11H2,1-2H3,(H,24,28)/t17-/m0/s1. The molecule has 2 aliphatic heterocycles. The van der Waals surface area contributed by atoms with Crippen molar-refractivity contribution in [3.05, 3.63) is 18.5 Å². The smallest absolute Gasteiger partial charge is 0.237 e. The predicted octanol–water partition coefficient (Wildman–Crippen LogP) is 2.12. The molecule has 1 amide bonds. The number of hydrogen-bond acceptors (Lipinski definition) is 7. The molecule has 1 atom stereocenters. The summed E-state index contributed by atoms with van der Waals surface area (Å²) in [5.41, 5.74) is 0.850. The van der Waals surface area contributed by atoms with Crippen molar-refractivity contribution >= 4 is 22.6 Å². The van der Waals surface area contributed by atoms with Crippen LogP contribution in [0.2, 0.25) is 0 Å². The lowest BCUT2D eigenvalue weighted by Crippen LogP contribution is -2.41. The average molecular weight is 414 g/mol. The van der Waals surface area contributed by atoms with E-state index in [0.29, 0.717) is 17.4 Å². The topological polar surface area (TPSA) is 88.6 Å². The van der Waals surface area contributed by atoms with E-state index >= 15 is 0 Å². The predicted molar refractivity (Wildman–Crippen MR) is 116 cm³/mol. The fraction of sp³-hybridized carbons (Fsp3) is 0.591. The summed E-state index contributed by atoms with van der Waals surface area (Å²) >= 11 is 0. The normalized spacial score (nSPS) is 19.8. The highest BCUT2D eigenvalue weighted by molar-refractivity contribution is 5.92. The summed E-state index contributed by atoms with van der Waals surface area (Å²) in [7, 11) is 3.27. The van der Waals surface area contributed by atoms with Crippen LogP contribution >= 0.6 is 0 Å². The fourth-order valence-corrected chi connectivity index (χ4v) is 4.49. The number of carbonyl (C=O) groups is 1. The Kier molecular flexibility index (Phi) is 6.52. The molecule has 3 heterocycles. The van der Waals surface area contributed by atoms with Crippen molar-refractivity contribution in [2.75, 3.05) is 45.3 Å². The van der Waals surface area contributed by atoms with Gasteiger partial charge in [-0.1, -0.05) is 0 Å². The van der Waals surface area contributed by atoms with Crippen molar-refractivity contribution in [1.29, 1.82) is 0 Å². The maximum atomic E-state index is 12.1. The molecule has 1 aromatic carbocycles. The minimum absolute atomic E-state index is 0.00788. The Morgan fingerprint density at radius 2 is 1.93 bits per heavy atom. The molecule has 162 valence electrons. The van der Waals surface area contributed by atoms with Gasteiger partial charge in [0.05, 0.1) is 25.8 Å². The lowest BCUT2D eigenvalue weighted by molar-refractivity contribution is -0.122. The summed E-state index contributed by atoms with van der Waals surface area (Å²) in [6.45, 7) is 3.61. The van der Waals surface area contributed by atoms with E-state index in [0.717, 1.165) is 75.0 Å². The van der Waals surface area contributed by atoms with Gasteiger partial charge in [0.2, 0.25) is 5.91 Å². The highest BCUT2D eigenvalue weighted by Gasteiger charge is 2.24. The minimum Gasteiger partial charge on any atom is -0.493 e. The number of hydrogen-bond donors (Lipinski definition) is 2. The first-order chi connectivity index (χ1) is 14.7. The third-order valence-corrected chi connectivity index (χ3v) is 6.26. The van der Waals surface area contributed by atoms with Crippen LogP contribution in [0.4, 0.5) is 5.82 Å². The molecule has 2 fully saturated rings. The van der Waals surface area contributed by atoms with E-state index in [1.54, 1.807) is 20.5 Å². The number of aromatic nitrogens is 2. The van der Waals surface area contributed by atoms with Crippen molar-refractivity contribution in [2.45, 2.75) is 38.1 Å². The van der Waals surface area contributed by atoms with Gasteiger partial charge in [-0.15, -0.1) is 0 Å². The number of fused-ring (bicyclic) bond motifs is 1. The summed E-state index contributed by atoms with van der Waals surface area (Å²) in [5.74, 6) is 3.08. The highest BCUT2D eigenvalue weighted by Crippen LogP contribution is 2.35. The van der Waals surface area contributed by atoms with Crippen molar-refractivity contribution in [2.24, 2.45) is 5.92 Å². The quantitative estimate of drug-likeness (QED) is 0.719. The molecule has 2 aliphatic rings. The van der Waals surface area contributed by atoms with E-state index in [-0.39, 0.29) is 11.9 Å². The molecule has 0 unspecified atom stereocenters. The number of ether oxygens (including phenoxy) is 2. The zero-order valence-electron chi connectivity index (χ0n) is 17.8. The summed E-state index contributed by atoms with van der Waals surface area (Å²) in [6, 6.07) is 3.87. The van der Waals surface area contributed by atoms with Gasteiger partial charge in [0, 0.05) is 31.1 Å². The zero-order valence-corrected chi connectivity index (χ0v) is 17.8. The van der Waals surface area contributed by atoms with Gasteiger partial charge in [-0.3, -0.25) is 4.79 Å². The summed E-state index contributed by atoms with van der Waals surface area (Å²) in [4.78, 5) is 23.4. The first kappa shape index (κ1) is 20.7. The second-order valence-electron chi connectivity index (χ2n) is 8.08. The molecule has 4 rings (SSSR count). The largest absolute Gasteiger partial charge is 0.493 e. The van der Waals surface area contributed by atoms with Crippen molar-refractivity contribution in [1.82, 2.24) is 20.6 Å². The zero-order chi connectivity index (χ0) is 20.9. The van der Waals surface area contributed by atoms with Crippen LogP contribution < -0.4 is 25.0 Å². The number of nitrogens with one attached hydrogen (secondary N) is 2. The first-order valence-electron chi connectivity index (χ1n) is 10.8. The molecule has 0 radical (unpaired) electrons. The number of anilines is 1. The Balaban J connectivity index is 1.34. The Bertz CT molecular complexity index is 876. The van der Waals surface area contributed by atoms with E-state index in [1.807, 2.05) is 12.1 Å². The first-order valence-corrected chi connectivity index (χ1v) is 10.8. The summed E-state index contributed by atoms with van der Waals surface area (Å²) in [6.07, 6.45) is 6.87. The molecule has 2 saturated heterocycles. The third-order valence-electron chi connectivity index (χ3n) is 6.26. The molecule has 30 heavy (non-hydrogen) atoms. The second kappa shape index (κ2) is 9.47. The van der Waals surface area contributed by atoms with Gasteiger partial charge in [0.25, 0.3) is 0 Å². The molecule has 2 aromatic rings. The van der Waals surface area contributed by atoms with Crippen LogP contribution in [0, 0.1) is 5.92 Å². The van der Waals surface area contributed by atoms with Crippen LogP contribution in [-0.4, -0.2) is 62.3 Å². The number of methoxy groups -OCH3 is 2. The Labute approximate surface area is 177 Å². The number of nitrogens with zero attached hydrogens (tertiary/aromatic N) is 3.